The molecular weight excluding hydrogens is 302 g/mol. The van der Waals surface area contributed by atoms with E-state index in [0.717, 1.165) is 25.1 Å². The summed E-state index contributed by atoms with van der Waals surface area (Å²) in [7, 11) is 0. The van der Waals surface area contributed by atoms with Crippen LogP contribution in [-0.4, -0.2) is 30.0 Å². The highest BCUT2D eigenvalue weighted by atomic mass is 35.5. The first-order chi connectivity index (χ1) is 10.2. The Bertz CT molecular complexity index is 615. The van der Waals surface area contributed by atoms with E-state index in [1.807, 2.05) is 30.3 Å². The second-order valence-corrected chi connectivity index (χ2v) is 5.45. The van der Waals surface area contributed by atoms with Crippen molar-refractivity contribution in [1.82, 2.24) is 15.6 Å². The van der Waals surface area contributed by atoms with Crippen LogP contribution in [0.3, 0.4) is 0 Å². The van der Waals surface area contributed by atoms with E-state index < -0.39 is 0 Å². The zero-order valence-corrected chi connectivity index (χ0v) is 13.2. The number of piperidine rings is 1. The Morgan fingerprint density at radius 1 is 1.36 bits per heavy atom. The summed E-state index contributed by atoms with van der Waals surface area (Å²) in [5.74, 6) is 0.757. The van der Waals surface area contributed by atoms with Crippen molar-refractivity contribution in [2.75, 3.05) is 13.1 Å². The molecule has 1 aliphatic rings. The average molecular weight is 322 g/mol. The molecule has 2 atom stereocenters. The van der Waals surface area contributed by atoms with E-state index in [2.05, 4.69) is 22.5 Å². The fourth-order valence-corrected chi connectivity index (χ4v) is 2.52. The smallest absolute Gasteiger partial charge is 0.273 e. The molecule has 3 rings (SSSR count). The van der Waals surface area contributed by atoms with Gasteiger partial charge in [-0.15, -0.1) is 12.4 Å². The maximum Gasteiger partial charge on any atom is 0.273 e. The lowest BCUT2D eigenvalue weighted by Crippen LogP contribution is -2.50. The predicted octanol–water partition coefficient (Wildman–Crippen LogP) is 2.49. The van der Waals surface area contributed by atoms with Crippen LogP contribution in [0.2, 0.25) is 0 Å². The van der Waals surface area contributed by atoms with Gasteiger partial charge in [-0.2, -0.15) is 0 Å². The number of rotatable bonds is 3. The number of halogens is 1. The van der Waals surface area contributed by atoms with Gasteiger partial charge in [0.1, 0.15) is 6.26 Å². The van der Waals surface area contributed by atoms with Crippen molar-refractivity contribution in [3.05, 3.63) is 42.3 Å². The number of oxazole rings is 1. The Labute approximate surface area is 135 Å². The van der Waals surface area contributed by atoms with Crippen molar-refractivity contribution in [2.45, 2.75) is 19.4 Å². The number of amides is 1. The van der Waals surface area contributed by atoms with Gasteiger partial charge in [-0.25, -0.2) is 4.98 Å². The van der Waals surface area contributed by atoms with Crippen LogP contribution >= 0.6 is 12.4 Å². The maximum atomic E-state index is 12.2. The molecule has 2 heterocycles. The molecule has 22 heavy (non-hydrogen) atoms. The molecule has 1 saturated heterocycles. The molecule has 2 aromatic rings. The lowest BCUT2D eigenvalue weighted by Gasteiger charge is -2.29. The number of hydrogen-bond acceptors (Lipinski definition) is 4. The highest BCUT2D eigenvalue weighted by molar-refractivity contribution is 5.92. The summed E-state index contributed by atoms with van der Waals surface area (Å²) in [5, 5.41) is 6.32. The molecule has 1 fully saturated rings. The number of nitrogens with zero attached hydrogens (tertiary/aromatic N) is 1. The Kier molecular flexibility index (Phi) is 5.57. The molecule has 1 amide bonds. The summed E-state index contributed by atoms with van der Waals surface area (Å²) in [5.41, 5.74) is 1.19. The molecule has 0 radical (unpaired) electrons. The fourth-order valence-electron chi connectivity index (χ4n) is 2.52. The van der Waals surface area contributed by atoms with Crippen LogP contribution in [-0.2, 0) is 0 Å². The zero-order chi connectivity index (χ0) is 14.7. The molecule has 2 N–H and O–H groups in total. The van der Waals surface area contributed by atoms with Crippen LogP contribution < -0.4 is 10.6 Å². The Morgan fingerprint density at radius 3 is 2.86 bits per heavy atom. The first-order valence-electron chi connectivity index (χ1n) is 7.26. The molecule has 1 aliphatic heterocycles. The van der Waals surface area contributed by atoms with Crippen LogP contribution in [0.15, 0.2) is 41.0 Å². The second kappa shape index (κ2) is 7.42. The van der Waals surface area contributed by atoms with Gasteiger partial charge >= 0.3 is 0 Å². The van der Waals surface area contributed by atoms with Gasteiger partial charge in [0.25, 0.3) is 5.91 Å². The number of aromatic nitrogens is 1. The summed E-state index contributed by atoms with van der Waals surface area (Å²) >= 11 is 0. The average Bonchev–Trinajstić information content (AvgIpc) is 3.00. The van der Waals surface area contributed by atoms with Gasteiger partial charge in [-0.3, -0.25) is 4.79 Å². The summed E-state index contributed by atoms with van der Waals surface area (Å²) in [6.07, 6.45) is 2.48. The van der Waals surface area contributed by atoms with Gasteiger partial charge in [-0.05, 0) is 31.0 Å². The van der Waals surface area contributed by atoms with Gasteiger partial charge < -0.3 is 15.1 Å². The highest BCUT2D eigenvalue weighted by Crippen LogP contribution is 2.18. The minimum atomic E-state index is -0.179. The van der Waals surface area contributed by atoms with Crippen LogP contribution in [0.5, 0.6) is 0 Å². The van der Waals surface area contributed by atoms with Crippen LogP contribution in [0.4, 0.5) is 0 Å². The summed E-state index contributed by atoms with van der Waals surface area (Å²) in [6, 6.07) is 9.70. The van der Waals surface area contributed by atoms with E-state index in [-0.39, 0.29) is 24.4 Å². The third kappa shape index (κ3) is 3.67. The van der Waals surface area contributed by atoms with Crippen molar-refractivity contribution in [3.63, 3.8) is 0 Å². The Hall–Kier alpha value is -1.85. The molecule has 1 aromatic carbocycles. The number of hydrogen-bond donors (Lipinski definition) is 2. The van der Waals surface area contributed by atoms with Gasteiger partial charge in [0.05, 0.1) is 0 Å². The molecule has 0 aliphatic carbocycles. The zero-order valence-electron chi connectivity index (χ0n) is 12.4. The van der Waals surface area contributed by atoms with E-state index in [1.165, 1.54) is 6.26 Å². The third-order valence-corrected chi connectivity index (χ3v) is 3.90. The van der Waals surface area contributed by atoms with E-state index in [1.54, 1.807) is 0 Å². The fraction of sp³-hybridized carbons (Fsp3) is 0.375. The van der Waals surface area contributed by atoms with Crippen molar-refractivity contribution in [2.24, 2.45) is 5.92 Å². The minimum absolute atomic E-state index is 0. The number of carbonyl (C=O) groups excluding carboxylic acids is 1. The second-order valence-electron chi connectivity index (χ2n) is 5.45. The minimum Gasteiger partial charge on any atom is -0.444 e. The molecule has 2 unspecified atom stereocenters. The topological polar surface area (TPSA) is 67.2 Å². The monoisotopic (exact) mass is 321 g/mol. The normalized spacial score (nSPS) is 21.0. The van der Waals surface area contributed by atoms with E-state index in [0.29, 0.717) is 17.5 Å². The third-order valence-electron chi connectivity index (χ3n) is 3.90. The van der Waals surface area contributed by atoms with Crippen molar-refractivity contribution in [3.8, 4) is 11.5 Å². The Morgan fingerprint density at radius 2 is 2.14 bits per heavy atom. The quantitative estimate of drug-likeness (QED) is 0.911. The van der Waals surface area contributed by atoms with Crippen LogP contribution in [0.1, 0.15) is 23.8 Å². The molecule has 5 nitrogen and oxygen atoms in total. The Balaban J connectivity index is 0.00000176. The lowest BCUT2D eigenvalue weighted by molar-refractivity contribution is 0.0910. The summed E-state index contributed by atoms with van der Waals surface area (Å²) < 4.78 is 5.40. The number of nitrogens with one attached hydrogen (secondary N) is 2. The largest absolute Gasteiger partial charge is 0.444 e. The van der Waals surface area contributed by atoms with Gasteiger partial charge in [0.2, 0.25) is 5.89 Å². The first kappa shape index (κ1) is 16.5. The standard InChI is InChI=1S/C16H19N3O2.ClH/c1-11-7-8-17-9-13(11)18-15(20)14-10-21-16(19-14)12-5-3-2-4-6-12;/h2-6,10-11,13,17H,7-9H2,1H3,(H,18,20);1H. The first-order valence-corrected chi connectivity index (χ1v) is 7.26. The predicted molar refractivity (Wildman–Crippen MR) is 87.1 cm³/mol. The molecular formula is C16H20ClN3O2. The van der Waals surface area contributed by atoms with E-state index in [9.17, 15) is 4.79 Å². The van der Waals surface area contributed by atoms with Gasteiger partial charge in [0.15, 0.2) is 5.69 Å². The molecule has 0 saturated carbocycles. The number of benzene rings is 1. The van der Waals surface area contributed by atoms with Gasteiger partial charge in [-0.1, -0.05) is 25.1 Å². The maximum absolute atomic E-state index is 12.2. The van der Waals surface area contributed by atoms with Crippen molar-refractivity contribution < 1.29 is 9.21 Å². The van der Waals surface area contributed by atoms with Crippen molar-refractivity contribution >= 4 is 18.3 Å². The van der Waals surface area contributed by atoms with Crippen molar-refractivity contribution in [1.29, 1.82) is 0 Å². The number of carbonyl (C=O) groups is 1. The molecule has 0 spiro atoms. The summed E-state index contributed by atoms with van der Waals surface area (Å²) in [6.45, 7) is 3.97. The molecule has 0 bridgehead atoms. The molecule has 1 aromatic heterocycles. The summed E-state index contributed by atoms with van der Waals surface area (Å²) in [4.78, 5) is 16.5. The highest BCUT2D eigenvalue weighted by Gasteiger charge is 2.24. The van der Waals surface area contributed by atoms with Crippen LogP contribution in [0, 0.1) is 5.92 Å². The van der Waals surface area contributed by atoms with Gasteiger partial charge in [0, 0.05) is 18.2 Å². The molecule has 118 valence electrons. The molecule has 6 heteroatoms. The SMILES string of the molecule is CC1CCNCC1NC(=O)c1coc(-c2ccccc2)n1.Cl. The van der Waals surface area contributed by atoms with E-state index in [4.69, 9.17) is 4.42 Å². The van der Waals surface area contributed by atoms with Crippen LogP contribution in [0.25, 0.3) is 11.5 Å². The lowest BCUT2D eigenvalue weighted by atomic mass is 9.95. The van der Waals surface area contributed by atoms with E-state index >= 15 is 0 Å².